The number of aryl methyl sites for hydroxylation is 1. The maximum Gasteiger partial charge on any atom is 0.330 e. The highest BCUT2D eigenvalue weighted by atomic mass is 16.5. The molecule has 0 aromatic heterocycles. The van der Waals surface area contributed by atoms with E-state index in [1.165, 1.54) is 67.8 Å². The zero-order valence-corrected chi connectivity index (χ0v) is 55.0. The van der Waals surface area contributed by atoms with Gasteiger partial charge in [0.25, 0.3) is 11.8 Å². The fourth-order valence-corrected chi connectivity index (χ4v) is 10.6. The van der Waals surface area contributed by atoms with E-state index in [0.29, 0.717) is 74.2 Å². The predicted octanol–water partition coefficient (Wildman–Crippen LogP) is 6.44. The number of fused-ring (bicyclic) bond motifs is 4. The zero-order chi connectivity index (χ0) is 66.6. The Hall–Kier alpha value is -8.37. The lowest BCUT2D eigenvalue weighted by Gasteiger charge is -2.39. The van der Waals surface area contributed by atoms with Gasteiger partial charge in [-0.1, -0.05) is 86.5 Å². The van der Waals surface area contributed by atoms with Crippen LogP contribution in [0.25, 0.3) is 10.8 Å². The molecule has 2 bridgehead atoms. The van der Waals surface area contributed by atoms with Crippen molar-refractivity contribution in [2.45, 2.75) is 135 Å². The van der Waals surface area contributed by atoms with Gasteiger partial charge >= 0.3 is 11.9 Å². The van der Waals surface area contributed by atoms with E-state index < -0.39 is 114 Å². The molecule has 2 N–H and O–H groups in total. The van der Waals surface area contributed by atoms with Crippen molar-refractivity contribution in [3.05, 3.63) is 114 Å². The second-order valence-electron chi connectivity index (χ2n) is 25.0. The normalized spacial score (nSPS) is 22.1. The van der Waals surface area contributed by atoms with E-state index in [2.05, 4.69) is 10.6 Å². The molecule has 2 heterocycles. The topological polar surface area (TPSA) is 249 Å². The number of ketones is 1. The minimum atomic E-state index is -1.48. The highest BCUT2D eigenvalue weighted by Gasteiger charge is 2.44. The molecule has 6 rings (SSSR count). The summed E-state index contributed by atoms with van der Waals surface area (Å²) in [6.45, 7) is 9.50. The number of nitrogens with one attached hydrogen (secondary N) is 2. The number of methoxy groups -OCH3 is 2. The molecule has 1 fully saturated rings. The second kappa shape index (κ2) is 33.6. The molecular weight excluding hydrogens is 1170 g/mol. The molecule has 494 valence electrons. The molecule has 0 spiro atoms. The number of benzene rings is 4. The van der Waals surface area contributed by atoms with Crippen LogP contribution < -0.4 is 24.8 Å². The summed E-state index contributed by atoms with van der Waals surface area (Å²) in [4.78, 5) is 135. The first-order chi connectivity index (χ1) is 43.2. The minimum absolute atomic E-state index is 0.00564. The molecule has 5 atom stereocenters. The quantitative estimate of drug-likeness (QED) is 0.114. The molecule has 22 heteroatoms. The first-order valence-electron chi connectivity index (χ1n) is 31.2. The summed E-state index contributed by atoms with van der Waals surface area (Å²) in [6, 6.07) is 20.8. The Morgan fingerprint density at radius 1 is 0.714 bits per heavy atom. The van der Waals surface area contributed by atoms with Crippen molar-refractivity contribution in [1.82, 2.24) is 35.1 Å². The molecule has 6 amide bonds. The van der Waals surface area contributed by atoms with Gasteiger partial charge in [0.2, 0.25) is 29.4 Å². The third-order valence-corrected chi connectivity index (χ3v) is 16.4. The number of hydrogen-bond donors (Lipinski definition) is 2. The van der Waals surface area contributed by atoms with Crippen molar-refractivity contribution >= 4 is 63.9 Å². The van der Waals surface area contributed by atoms with Gasteiger partial charge in [0, 0.05) is 59.8 Å². The third-order valence-electron chi connectivity index (χ3n) is 16.4. The third kappa shape index (κ3) is 20.8. The molecule has 4 aromatic rings. The number of ether oxygens (including phenoxy) is 6. The summed E-state index contributed by atoms with van der Waals surface area (Å²) in [5, 5.41) is 7.56. The number of unbranched alkanes of at least 4 members (excludes halogenated alkanes) is 1. The number of esters is 2. The molecule has 1 saturated heterocycles. The van der Waals surface area contributed by atoms with Crippen molar-refractivity contribution < 1.29 is 71.6 Å². The van der Waals surface area contributed by atoms with Gasteiger partial charge in [-0.2, -0.15) is 0 Å². The largest absolute Gasteiger partial charge is 0.493 e. The van der Waals surface area contributed by atoms with Crippen molar-refractivity contribution in [2.75, 3.05) is 95.0 Å². The fraction of sp³-hybridized carbons (Fsp3) is 0.522. The van der Waals surface area contributed by atoms with Gasteiger partial charge in [0.1, 0.15) is 42.6 Å². The van der Waals surface area contributed by atoms with E-state index in [-0.39, 0.29) is 44.7 Å². The number of allylic oxidation sites excluding steroid dienone is 1. The van der Waals surface area contributed by atoms with Crippen LogP contribution in [0.3, 0.4) is 0 Å². The first kappa shape index (κ1) is 71.7. The summed E-state index contributed by atoms with van der Waals surface area (Å²) in [7, 11) is 9.40. The second-order valence-corrected chi connectivity index (χ2v) is 25.0. The number of likely N-dealkylation sites (N-methyl/N-ethyl adjacent to an activating group) is 4. The fourth-order valence-electron chi connectivity index (χ4n) is 10.6. The molecule has 0 aliphatic carbocycles. The molecular formula is C69H93N7O15. The van der Waals surface area contributed by atoms with Gasteiger partial charge in [-0.15, -0.1) is 0 Å². The Morgan fingerprint density at radius 2 is 1.44 bits per heavy atom. The van der Waals surface area contributed by atoms with Gasteiger partial charge in [-0.3, -0.25) is 33.6 Å². The summed E-state index contributed by atoms with van der Waals surface area (Å²) in [6.07, 6.45) is 5.48. The maximum absolute atomic E-state index is 15.1. The Morgan fingerprint density at radius 3 is 2.15 bits per heavy atom. The maximum atomic E-state index is 15.1. The smallest absolute Gasteiger partial charge is 0.330 e. The standard InChI is InChI=1S/C69H93N7O15/c1-13-14-26-53-64(82)71-52(38-47-28-31-48-22-18-19-23-49(48)37-47)65(83)75(10)55(43-90-68(2,3)4)63(81)70-41-59(77)73(8)34-20-16-15-17-27-61(79)89-45-69(5,6)62(80)66(84)76-36-35-72(7)42-54(76)67(85)91-56(32-29-46-30-33-57(86-11)58(39-46)87-12)50-24-21-25-51(40-50)88-44-60(78)74(53)9/h17-19,21-25,27-28,30-31,33,37,39-40,52-56H,13-16,20,26,29,32,34-36,38,41-45H2,1-12H3,(H,70,81)(H,71,82)/b27-17+/t52-,53-,54-,55-,56+/m0/s1. The number of rotatable bonds is 12. The lowest BCUT2D eigenvalue weighted by atomic mass is 9.87. The van der Waals surface area contributed by atoms with Crippen molar-refractivity contribution in [3.8, 4) is 17.2 Å². The Balaban J connectivity index is 1.34. The van der Waals surface area contributed by atoms with Crippen LogP contribution in [0.2, 0.25) is 0 Å². The van der Waals surface area contributed by atoms with E-state index in [4.69, 9.17) is 28.4 Å². The van der Waals surface area contributed by atoms with E-state index in [9.17, 15) is 38.4 Å². The first-order valence-corrected chi connectivity index (χ1v) is 31.2. The van der Waals surface area contributed by atoms with Crippen LogP contribution in [0.1, 0.15) is 109 Å². The van der Waals surface area contributed by atoms with Crippen molar-refractivity contribution in [1.29, 1.82) is 0 Å². The molecule has 0 radical (unpaired) electrons. The Labute approximate surface area is 535 Å². The van der Waals surface area contributed by atoms with Crippen LogP contribution in [0, 0.1) is 5.41 Å². The van der Waals surface area contributed by atoms with Gasteiger partial charge in [0.15, 0.2) is 18.1 Å². The van der Waals surface area contributed by atoms with Crippen LogP contribution in [0.5, 0.6) is 17.2 Å². The number of Topliss-reactive ketones (excluding diaryl/α,β-unsaturated/α-hetero) is 1. The van der Waals surface area contributed by atoms with Crippen molar-refractivity contribution in [2.24, 2.45) is 5.41 Å². The number of piperazine rings is 1. The number of cyclic esters (lactones) is 2. The summed E-state index contributed by atoms with van der Waals surface area (Å²) >= 11 is 0. The van der Waals surface area contributed by atoms with Gasteiger partial charge in [0.05, 0.1) is 38.4 Å². The summed E-state index contributed by atoms with van der Waals surface area (Å²) in [5.74, 6) is -4.90. The highest BCUT2D eigenvalue weighted by molar-refractivity contribution is 6.38. The average molecular weight is 1260 g/mol. The Kier molecular flexibility index (Phi) is 26.5. The zero-order valence-electron chi connectivity index (χ0n) is 55.0. The lowest BCUT2D eigenvalue weighted by Crippen LogP contribution is -2.60. The van der Waals surface area contributed by atoms with E-state index >= 15 is 4.79 Å². The molecule has 4 aromatic carbocycles. The number of amides is 6. The van der Waals surface area contributed by atoms with Crippen LogP contribution in [0.4, 0.5) is 0 Å². The highest BCUT2D eigenvalue weighted by Crippen LogP contribution is 2.33. The monoisotopic (exact) mass is 1260 g/mol. The molecule has 2 aliphatic rings. The van der Waals surface area contributed by atoms with Gasteiger partial charge in [-0.25, -0.2) is 9.59 Å². The van der Waals surface area contributed by atoms with Crippen LogP contribution >= 0.6 is 0 Å². The van der Waals surface area contributed by atoms with E-state index in [1.807, 2.05) is 66.4 Å². The average Bonchev–Trinajstić information content (AvgIpc) is 1.23. The molecule has 0 saturated carbocycles. The van der Waals surface area contributed by atoms with Crippen LogP contribution in [-0.4, -0.2) is 202 Å². The Bertz CT molecular complexity index is 3230. The number of carbonyl (C=O) groups is 9. The van der Waals surface area contributed by atoms with E-state index in [0.717, 1.165) is 16.3 Å². The van der Waals surface area contributed by atoms with Crippen LogP contribution in [-0.2, 0) is 70.2 Å². The molecule has 2 aliphatic heterocycles. The summed E-state index contributed by atoms with van der Waals surface area (Å²) < 4.78 is 35.2. The van der Waals surface area contributed by atoms with E-state index in [1.54, 1.807) is 71.3 Å². The minimum Gasteiger partial charge on any atom is -0.493 e. The summed E-state index contributed by atoms with van der Waals surface area (Å²) in [5.41, 5.74) is -0.192. The van der Waals surface area contributed by atoms with Crippen molar-refractivity contribution in [3.63, 3.8) is 0 Å². The number of nitrogens with zero attached hydrogens (tertiary/aromatic N) is 5. The molecule has 91 heavy (non-hydrogen) atoms. The van der Waals surface area contributed by atoms with Gasteiger partial charge < -0.3 is 63.6 Å². The predicted molar refractivity (Wildman–Crippen MR) is 343 cm³/mol. The SMILES string of the molecule is CCCC[C@H]1C(=O)N[C@@H](Cc2ccc3ccccc3c2)C(=O)N(C)[C@@H](COC(C)(C)C)C(=O)NCC(=O)N(C)CCCC/C=C/C(=O)OCC(C)(C)C(=O)C(=O)N2CCN(C)C[C@H]2C(=O)O[C@H](CCc2ccc(OC)c(OC)c2)c2cccc(c2)OCC(=O)N1C. The lowest BCUT2D eigenvalue weighted by molar-refractivity contribution is -0.166. The number of hydrogen-bond acceptors (Lipinski definition) is 16. The van der Waals surface area contributed by atoms with Gasteiger partial charge in [-0.05, 0) is 132 Å². The molecule has 22 nitrogen and oxygen atoms in total. The van der Waals surface area contributed by atoms with Crippen LogP contribution in [0.15, 0.2) is 97.1 Å². The molecule has 0 unspecified atom stereocenters. The number of carbonyl (C=O) groups excluding carboxylic acids is 9.